The van der Waals surface area contributed by atoms with E-state index in [1.165, 1.54) is 5.56 Å². The van der Waals surface area contributed by atoms with Gasteiger partial charge in [0.1, 0.15) is 0 Å². The summed E-state index contributed by atoms with van der Waals surface area (Å²) < 4.78 is 0. The highest BCUT2D eigenvalue weighted by atomic mass is 35.5. The Morgan fingerprint density at radius 3 is 3.05 bits per heavy atom. The Morgan fingerprint density at radius 2 is 2.33 bits per heavy atom. The standard InChI is InChI=1S/C17H27ClN2O/c1-2-9-19-17(14-5-3-6-15(18)12-14)8-11-20-10-4-7-16(21)13-20/h3,5-6,12,16-17,19,21H,2,4,7-11,13H2,1H3. The quantitative estimate of drug-likeness (QED) is 0.811. The molecule has 1 aliphatic heterocycles. The molecular weight excluding hydrogens is 284 g/mol. The maximum absolute atomic E-state index is 9.76. The van der Waals surface area contributed by atoms with Gasteiger partial charge in [0.15, 0.2) is 0 Å². The minimum absolute atomic E-state index is 0.146. The Kier molecular flexibility index (Phi) is 6.97. The number of piperidine rings is 1. The molecule has 0 aliphatic carbocycles. The topological polar surface area (TPSA) is 35.5 Å². The van der Waals surface area contributed by atoms with Gasteiger partial charge in [0, 0.05) is 24.2 Å². The lowest BCUT2D eigenvalue weighted by Gasteiger charge is -2.31. The molecule has 0 radical (unpaired) electrons. The monoisotopic (exact) mass is 310 g/mol. The van der Waals surface area contributed by atoms with Gasteiger partial charge in [-0.15, -0.1) is 0 Å². The number of hydrogen-bond donors (Lipinski definition) is 2. The lowest BCUT2D eigenvalue weighted by Crippen LogP contribution is -2.39. The molecule has 0 spiro atoms. The van der Waals surface area contributed by atoms with Crippen molar-refractivity contribution in [2.45, 2.75) is 44.8 Å². The van der Waals surface area contributed by atoms with Crippen LogP contribution in [-0.2, 0) is 0 Å². The van der Waals surface area contributed by atoms with Crippen molar-refractivity contribution in [1.29, 1.82) is 0 Å². The summed E-state index contributed by atoms with van der Waals surface area (Å²) in [7, 11) is 0. The van der Waals surface area contributed by atoms with Gasteiger partial charge in [-0.3, -0.25) is 0 Å². The molecule has 0 saturated carbocycles. The summed E-state index contributed by atoms with van der Waals surface area (Å²) in [5, 5.41) is 14.2. The number of rotatable bonds is 7. The average Bonchev–Trinajstić information content (AvgIpc) is 2.47. The van der Waals surface area contributed by atoms with Gasteiger partial charge in [-0.2, -0.15) is 0 Å². The molecule has 3 nitrogen and oxygen atoms in total. The highest BCUT2D eigenvalue weighted by Crippen LogP contribution is 2.22. The molecule has 4 heteroatoms. The van der Waals surface area contributed by atoms with Gasteiger partial charge in [0.25, 0.3) is 0 Å². The molecule has 2 N–H and O–H groups in total. The summed E-state index contributed by atoms with van der Waals surface area (Å²) in [5.74, 6) is 0. The lowest BCUT2D eigenvalue weighted by atomic mass is 10.0. The Balaban J connectivity index is 1.92. The van der Waals surface area contributed by atoms with Crippen molar-refractivity contribution in [2.75, 3.05) is 26.2 Å². The van der Waals surface area contributed by atoms with Crippen molar-refractivity contribution in [3.05, 3.63) is 34.9 Å². The predicted molar refractivity (Wildman–Crippen MR) is 88.8 cm³/mol. The fourth-order valence-electron chi connectivity index (χ4n) is 2.97. The van der Waals surface area contributed by atoms with Crippen molar-refractivity contribution < 1.29 is 5.11 Å². The molecule has 0 aromatic heterocycles. The molecule has 2 rings (SSSR count). The number of nitrogens with one attached hydrogen (secondary N) is 1. The summed E-state index contributed by atoms with van der Waals surface area (Å²) >= 11 is 6.12. The fourth-order valence-corrected chi connectivity index (χ4v) is 3.17. The van der Waals surface area contributed by atoms with Gasteiger partial charge in [0.2, 0.25) is 0 Å². The summed E-state index contributed by atoms with van der Waals surface area (Å²) in [6.45, 7) is 6.14. The molecule has 1 heterocycles. The van der Waals surface area contributed by atoms with Gasteiger partial charge in [-0.1, -0.05) is 30.7 Å². The molecule has 0 bridgehead atoms. The third kappa shape index (κ3) is 5.59. The zero-order valence-corrected chi connectivity index (χ0v) is 13.6. The molecule has 1 aromatic carbocycles. The average molecular weight is 311 g/mol. The number of hydrogen-bond acceptors (Lipinski definition) is 3. The van der Waals surface area contributed by atoms with Gasteiger partial charge in [0.05, 0.1) is 6.10 Å². The number of aliphatic hydroxyl groups is 1. The van der Waals surface area contributed by atoms with Crippen molar-refractivity contribution in [1.82, 2.24) is 10.2 Å². The molecule has 118 valence electrons. The fraction of sp³-hybridized carbons (Fsp3) is 0.647. The maximum atomic E-state index is 9.76. The van der Waals surface area contributed by atoms with E-state index in [1.54, 1.807) is 0 Å². The Hall–Kier alpha value is -0.610. The van der Waals surface area contributed by atoms with E-state index in [0.29, 0.717) is 6.04 Å². The van der Waals surface area contributed by atoms with Crippen LogP contribution in [0, 0.1) is 0 Å². The van der Waals surface area contributed by atoms with E-state index in [1.807, 2.05) is 12.1 Å². The van der Waals surface area contributed by atoms with E-state index >= 15 is 0 Å². The molecule has 2 atom stereocenters. The highest BCUT2D eigenvalue weighted by Gasteiger charge is 2.19. The van der Waals surface area contributed by atoms with Gasteiger partial charge in [-0.25, -0.2) is 0 Å². The molecule has 0 amide bonds. The predicted octanol–water partition coefficient (Wildman–Crippen LogP) is 3.23. The first kappa shape index (κ1) is 16.8. The number of halogens is 1. The molecule has 1 saturated heterocycles. The van der Waals surface area contributed by atoms with Crippen LogP contribution < -0.4 is 5.32 Å². The minimum Gasteiger partial charge on any atom is -0.392 e. The Labute approximate surface area is 133 Å². The van der Waals surface area contributed by atoms with Crippen LogP contribution in [0.25, 0.3) is 0 Å². The van der Waals surface area contributed by atoms with Crippen LogP contribution in [0.2, 0.25) is 5.02 Å². The van der Waals surface area contributed by atoms with Crippen molar-refractivity contribution in [3.63, 3.8) is 0 Å². The number of nitrogens with zero attached hydrogens (tertiary/aromatic N) is 1. The summed E-state index contributed by atoms with van der Waals surface area (Å²) in [6, 6.07) is 8.47. The van der Waals surface area contributed by atoms with Gasteiger partial charge >= 0.3 is 0 Å². The van der Waals surface area contributed by atoms with E-state index < -0.39 is 0 Å². The van der Waals surface area contributed by atoms with Crippen molar-refractivity contribution in [2.24, 2.45) is 0 Å². The maximum Gasteiger partial charge on any atom is 0.0667 e. The molecule has 1 fully saturated rings. The number of likely N-dealkylation sites (tertiary alicyclic amines) is 1. The Bertz CT molecular complexity index is 427. The SMILES string of the molecule is CCCNC(CCN1CCCC(O)C1)c1cccc(Cl)c1. The second-order valence-electron chi connectivity index (χ2n) is 5.95. The second-order valence-corrected chi connectivity index (χ2v) is 6.38. The van der Waals surface area contributed by atoms with Gasteiger partial charge < -0.3 is 15.3 Å². The molecule has 21 heavy (non-hydrogen) atoms. The first-order valence-electron chi connectivity index (χ1n) is 8.08. The van der Waals surface area contributed by atoms with Crippen molar-refractivity contribution in [3.8, 4) is 0 Å². The third-order valence-corrected chi connectivity index (χ3v) is 4.34. The summed E-state index contributed by atoms with van der Waals surface area (Å²) in [6.07, 6.45) is 4.08. The van der Waals surface area contributed by atoms with Crippen LogP contribution in [0.1, 0.15) is 44.2 Å². The van der Waals surface area contributed by atoms with Gasteiger partial charge in [-0.05, 0) is 56.5 Å². The largest absolute Gasteiger partial charge is 0.392 e. The second kappa shape index (κ2) is 8.74. The number of β-amino-alcohol motifs (C(OH)–C–C–N with tert-alkyl or cyclic N) is 1. The molecule has 2 unspecified atom stereocenters. The van der Waals surface area contributed by atoms with Crippen LogP contribution in [0.15, 0.2) is 24.3 Å². The van der Waals surface area contributed by atoms with E-state index in [2.05, 4.69) is 29.3 Å². The number of benzene rings is 1. The van der Waals surface area contributed by atoms with Crippen LogP contribution in [0.4, 0.5) is 0 Å². The normalized spacial score (nSPS) is 21.4. The van der Waals surface area contributed by atoms with E-state index in [4.69, 9.17) is 11.6 Å². The third-order valence-electron chi connectivity index (χ3n) is 4.11. The first-order chi connectivity index (χ1) is 10.2. The smallest absolute Gasteiger partial charge is 0.0667 e. The molecule has 1 aliphatic rings. The van der Waals surface area contributed by atoms with E-state index in [9.17, 15) is 5.11 Å². The van der Waals surface area contributed by atoms with Crippen LogP contribution in [0.3, 0.4) is 0 Å². The highest BCUT2D eigenvalue weighted by molar-refractivity contribution is 6.30. The summed E-state index contributed by atoms with van der Waals surface area (Å²) in [5.41, 5.74) is 1.26. The van der Waals surface area contributed by atoms with E-state index in [-0.39, 0.29) is 6.10 Å². The molecule has 1 aromatic rings. The number of aliphatic hydroxyl groups excluding tert-OH is 1. The minimum atomic E-state index is -0.146. The Morgan fingerprint density at radius 1 is 1.48 bits per heavy atom. The van der Waals surface area contributed by atoms with Crippen LogP contribution >= 0.6 is 11.6 Å². The summed E-state index contributed by atoms with van der Waals surface area (Å²) in [4.78, 5) is 2.37. The van der Waals surface area contributed by atoms with Crippen LogP contribution in [-0.4, -0.2) is 42.3 Å². The lowest BCUT2D eigenvalue weighted by molar-refractivity contribution is 0.0685. The van der Waals surface area contributed by atoms with Crippen LogP contribution in [0.5, 0.6) is 0 Å². The molecular formula is C17H27ClN2O. The zero-order chi connectivity index (χ0) is 15.1. The van der Waals surface area contributed by atoms with E-state index in [0.717, 1.165) is 56.9 Å². The first-order valence-corrected chi connectivity index (χ1v) is 8.46. The zero-order valence-electron chi connectivity index (χ0n) is 12.9. The van der Waals surface area contributed by atoms with Crippen molar-refractivity contribution >= 4 is 11.6 Å².